The van der Waals surface area contributed by atoms with Gasteiger partial charge in [-0.3, -0.25) is 0 Å². The van der Waals surface area contributed by atoms with E-state index in [1.807, 2.05) is 0 Å². The van der Waals surface area contributed by atoms with Crippen molar-refractivity contribution in [3.8, 4) is 0 Å². The second-order valence-corrected chi connectivity index (χ2v) is 6.13. The average Bonchev–Trinajstić information content (AvgIpc) is 2.27. The van der Waals surface area contributed by atoms with E-state index in [1.54, 1.807) is 13.8 Å². The summed E-state index contributed by atoms with van der Waals surface area (Å²) in [6, 6.07) is 2.91. The van der Waals surface area contributed by atoms with E-state index in [0.717, 1.165) is 0 Å². The lowest BCUT2D eigenvalue weighted by atomic mass is 10.1. The number of hydrazine groups is 1. The van der Waals surface area contributed by atoms with Crippen molar-refractivity contribution in [1.82, 2.24) is 9.71 Å². The molecule has 0 spiro atoms. The molecule has 102 valence electrons. The largest absolute Gasteiger partial charge is 0.383 e. The summed E-state index contributed by atoms with van der Waals surface area (Å²) in [5.74, 6) is 5.55. The van der Waals surface area contributed by atoms with Crippen LogP contribution in [0, 0.1) is 0 Å². The van der Waals surface area contributed by atoms with Gasteiger partial charge in [0.15, 0.2) is 0 Å². The predicted octanol–water partition coefficient (Wildman–Crippen LogP) is 0.0705. The van der Waals surface area contributed by atoms with Crippen molar-refractivity contribution in [2.24, 2.45) is 5.84 Å². The Bertz CT molecular complexity index is 484. The van der Waals surface area contributed by atoms with Gasteiger partial charge in [-0.15, -0.1) is 0 Å². The van der Waals surface area contributed by atoms with Gasteiger partial charge in [-0.2, -0.15) is 0 Å². The summed E-state index contributed by atoms with van der Waals surface area (Å²) in [4.78, 5) is 3.93. The van der Waals surface area contributed by atoms with E-state index in [2.05, 4.69) is 15.1 Å². The molecule has 0 aromatic carbocycles. The molecule has 1 aromatic heterocycles. The Morgan fingerprint density at radius 2 is 2.11 bits per heavy atom. The van der Waals surface area contributed by atoms with Crippen molar-refractivity contribution < 1.29 is 13.2 Å². The number of rotatable bonds is 6. The predicted molar refractivity (Wildman–Crippen MR) is 68.3 cm³/mol. The van der Waals surface area contributed by atoms with E-state index in [4.69, 9.17) is 10.6 Å². The molecule has 0 aliphatic heterocycles. The number of methoxy groups -OCH3 is 1. The third-order valence-corrected chi connectivity index (χ3v) is 3.79. The highest BCUT2D eigenvalue weighted by molar-refractivity contribution is 7.89. The molecule has 18 heavy (non-hydrogen) atoms. The van der Waals surface area contributed by atoms with Crippen LogP contribution in [0.4, 0.5) is 5.82 Å². The molecule has 0 aliphatic carbocycles. The van der Waals surface area contributed by atoms with Crippen LogP contribution in [0.3, 0.4) is 0 Å². The molecule has 8 heteroatoms. The van der Waals surface area contributed by atoms with Gasteiger partial charge in [-0.05, 0) is 26.0 Å². The molecule has 1 rings (SSSR count). The van der Waals surface area contributed by atoms with Crippen LogP contribution >= 0.6 is 0 Å². The van der Waals surface area contributed by atoms with E-state index >= 15 is 0 Å². The van der Waals surface area contributed by atoms with Crippen molar-refractivity contribution in [2.75, 3.05) is 19.1 Å². The number of anilines is 1. The smallest absolute Gasteiger partial charge is 0.242 e. The van der Waals surface area contributed by atoms with Gasteiger partial charge in [0, 0.05) is 13.3 Å². The van der Waals surface area contributed by atoms with Crippen molar-refractivity contribution in [1.29, 1.82) is 0 Å². The Kier molecular flexibility index (Phi) is 4.63. The van der Waals surface area contributed by atoms with Gasteiger partial charge in [-0.1, -0.05) is 0 Å². The maximum atomic E-state index is 12.1. The van der Waals surface area contributed by atoms with E-state index < -0.39 is 15.6 Å². The topological polar surface area (TPSA) is 106 Å². The molecule has 1 aromatic rings. The lowest BCUT2D eigenvalue weighted by molar-refractivity contribution is 0.141. The number of ether oxygens (including phenoxy) is 1. The summed E-state index contributed by atoms with van der Waals surface area (Å²) in [7, 11) is -2.11. The lowest BCUT2D eigenvalue weighted by Gasteiger charge is -2.24. The van der Waals surface area contributed by atoms with Gasteiger partial charge in [0.05, 0.1) is 12.1 Å². The molecule has 0 amide bonds. The number of nitrogens with one attached hydrogen (secondary N) is 2. The van der Waals surface area contributed by atoms with Crippen LogP contribution in [-0.2, 0) is 14.8 Å². The van der Waals surface area contributed by atoms with E-state index in [9.17, 15) is 8.42 Å². The standard InChI is InChI=1S/C10H18N4O3S/c1-10(2,7-17-3)14-18(15,16)8-4-5-9(13-11)12-6-8/h4-6,14H,7,11H2,1-3H3,(H,12,13). The first-order valence-electron chi connectivity index (χ1n) is 5.26. The highest BCUT2D eigenvalue weighted by Gasteiger charge is 2.26. The summed E-state index contributed by atoms with van der Waals surface area (Å²) in [6.07, 6.45) is 1.24. The molecule has 0 aliphatic rings. The van der Waals surface area contributed by atoms with Gasteiger partial charge in [-0.25, -0.2) is 24.0 Å². The third-order valence-electron chi connectivity index (χ3n) is 2.11. The van der Waals surface area contributed by atoms with Crippen LogP contribution in [0.1, 0.15) is 13.8 Å². The number of pyridine rings is 1. The molecular formula is C10H18N4O3S. The molecule has 1 heterocycles. The minimum Gasteiger partial charge on any atom is -0.383 e. The van der Waals surface area contributed by atoms with E-state index in [1.165, 1.54) is 25.4 Å². The van der Waals surface area contributed by atoms with Gasteiger partial charge in [0.2, 0.25) is 10.0 Å². The minimum absolute atomic E-state index is 0.0747. The first-order chi connectivity index (χ1) is 8.30. The fourth-order valence-corrected chi connectivity index (χ4v) is 2.78. The number of sulfonamides is 1. The molecule has 0 fully saturated rings. The van der Waals surface area contributed by atoms with Crippen molar-refractivity contribution in [3.05, 3.63) is 18.3 Å². The molecule has 0 saturated carbocycles. The van der Waals surface area contributed by atoms with E-state index in [-0.39, 0.29) is 11.5 Å². The number of aromatic nitrogens is 1. The van der Waals surface area contributed by atoms with Crippen molar-refractivity contribution in [2.45, 2.75) is 24.3 Å². The molecule has 0 atom stereocenters. The molecule has 0 bridgehead atoms. The van der Waals surface area contributed by atoms with Crippen LogP contribution < -0.4 is 16.0 Å². The van der Waals surface area contributed by atoms with Crippen LogP contribution in [0.5, 0.6) is 0 Å². The summed E-state index contributed by atoms with van der Waals surface area (Å²) in [6.45, 7) is 3.73. The zero-order valence-electron chi connectivity index (χ0n) is 10.6. The number of hydrogen-bond donors (Lipinski definition) is 3. The maximum absolute atomic E-state index is 12.1. The zero-order valence-corrected chi connectivity index (χ0v) is 11.4. The maximum Gasteiger partial charge on any atom is 0.242 e. The molecule has 7 nitrogen and oxygen atoms in total. The minimum atomic E-state index is -3.63. The first kappa shape index (κ1) is 14.8. The number of nitrogens with zero attached hydrogens (tertiary/aromatic N) is 1. The lowest BCUT2D eigenvalue weighted by Crippen LogP contribution is -2.46. The normalized spacial score (nSPS) is 12.4. The Balaban J connectivity index is 2.92. The molecule has 0 radical (unpaired) electrons. The van der Waals surface area contributed by atoms with Crippen molar-refractivity contribution in [3.63, 3.8) is 0 Å². The zero-order chi connectivity index (χ0) is 13.8. The summed E-state index contributed by atoms with van der Waals surface area (Å²) in [5.41, 5.74) is 1.63. The van der Waals surface area contributed by atoms with Gasteiger partial charge >= 0.3 is 0 Å². The summed E-state index contributed by atoms with van der Waals surface area (Å²) < 4.78 is 31.6. The molecular weight excluding hydrogens is 256 g/mol. The Hall–Kier alpha value is -1.22. The molecule has 0 unspecified atom stereocenters. The van der Waals surface area contributed by atoms with Crippen molar-refractivity contribution >= 4 is 15.8 Å². The highest BCUT2D eigenvalue weighted by Crippen LogP contribution is 2.13. The fourth-order valence-electron chi connectivity index (χ4n) is 1.44. The van der Waals surface area contributed by atoms with Gasteiger partial charge in [0.25, 0.3) is 0 Å². The average molecular weight is 274 g/mol. The number of nitrogen functional groups attached to an aromatic ring is 1. The number of nitrogens with two attached hydrogens (primary N) is 1. The first-order valence-corrected chi connectivity index (χ1v) is 6.75. The Morgan fingerprint density at radius 1 is 1.44 bits per heavy atom. The Morgan fingerprint density at radius 3 is 2.56 bits per heavy atom. The third kappa shape index (κ3) is 3.91. The highest BCUT2D eigenvalue weighted by atomic mass is 32.2. The summed E-state index contributed by atoms with van der Waals surface area (Å²) in [5, 5.41) is 0. The molecule has 4 N–H and O–H groups in total. The fraction of sp³-hybridized carbons (Fsp3) is 0.500. The second-order valence-electron chi connectivity index (χ2n) is 4.45. The van der Waals surface area contributed by atoms with E-state index in [0.29, 0.717) is 5.82 Å². The van der Waals surface area contributed by atoms with Crippen LogP contribution in [-0.4, -0.2) is 32.7 Å². The SMILES string of the molecule is COCC(C)(C)NS(=O)(=O)c1ccc(NN)nc1. The monoisotopic (exact) mass is 274 g/mol. The van der Waals surface area contributed by atoms with Crippen LogP contribution in [0.25, 0.3) is 0 Å². The second kappa shape index (κ2) is 5.61. The quantitative estimate of drug-likeness (QED) is 0.500. The number of hydrogen-bond acceptors (Lipinski definition) is 6. The summed E-state index contributed by atoms with van der Waals surface area (Å²) >= 11 is 0. The van der Waals surface area contributed by atoms with Gasteiger partial charge in [0.1, 0.15) is 10.7 Å². The Labute approximate surface area is 107 Å². The van der Waals surface area contributed by atoms with Crippen LogP contribution in [0.15, 0.2) is 23.2 Å². The van der Waals surface area contributed by atoms with Gasteiger partial charge < -0.3 is 10.2 Å². The van der Waals surface area contributed by atoms with Crippen LogP contribution in [0.2, 0.25) is 0 Å². The molecule has 0 saturated heterocycles.